The van der Waals surface area contributed by atoms with Crippen molar-refractivity contribution in [3.05, 3.63) is 59.4 Å². The first kappa shape index (κ1) is 18.7. The lowest BCUT2D eigenvalue weighted by Gasteiger charge is -2.42. The molecule has 2 aromatic carbocycles. The highest BCUT2D eigenvalue weighted by molar-refractivity contribution is 5.41. The topological polar surface area (TPSA) is 52.9 Å². The van der Waals surface area contributed by atoms with Crippen LogP contribution in [0.1, 0.15) is 24.0 Å². The molecule has 1 heterocycles. The van der Waals surface area contributed by atoms with E-state index in [1.807, 2.05) is 12.1 Å². The van der Waals surface area contributed by atoms with Crippen molar-refractivity contribution in [3.63, 3.8) is 0 Å². The van der Waals surface area contributed by atoms with Gasteiger partial charge in [-0.15, -0.1) is 0 Å². The van der Waals surface area contributed by atoms with Crippen LogP contribution >= 0.6 is 0 Å². The fourth-order valence-corrected chi connectivity index (χ4v) is 3.89. The number of aromatic hydroxyl groups is 1. The van der Waals surface area contributed by atoms with E-state index >= 15 is 0 Å². The molecule has 0 aromatic heterocycles. The van der Waals surface area contributed by atoms with Crippen LogP contribution in [0.5, 0.6) is 11.5 Å². The van der Waals surface area contributed by atoms with Crippen LogP contribution in [0, 0.1) is 11.2 Å². The number of rotatable bonds is 6. The number of piperidine rings is 1. The van der Waals surface area contributed by atoms with Gasteiger partial charge in [0.25, 0.3) is 0 Å². The molecule has 2 N–H and O–H groups in total. The van der Waals surface area contributed by atoms with Crippen LogP contribution in [-0.4, -0.2) is 41.9 Å². The van der Waals surface area contributed by atoms with Crippen molar-refractivity contribution in [3.8, 4) is 11.5 Å². The minimum Gasteiger partial charge on any atom is -0.504 e. The van der Waals surface area contributed by atoms with Gasteiger partial charge in [-0.25, -0.2) is 4.39 Å². The van der Waals surface area contributed by atoms with E-state index in [0.717, 1.165) is 50.0 Å². The van der Waals surface area contributed by atoms with Crippen LogP contribution in [0.4, 0.5) is 4.39 Å². The van der Waals surface area contributed by atoms with Crippen LogP contribution in [0.3, 0.4) is 0 Å². The summed E-state index contributed by atoms with van der Waals surface area (Å²) < 4.78 is 18.3. The number of phenols is 1. The van der Waals surface area contributed by atoms with Gasteiger partial charge in [-0.05, 0) is 61.2 Å². The van der Waals surface area contributed by atoms with E-state index in [1.165, 1.54) is 12.1 Å². The van der Waals surface area contributed by atoms with Crippen LogP contribution < -0.4 is 4.74 Å². The van der Waals surface area contributed by atoms with Gasteiger partial charge in [0.15, 0.2) is 11.5 Å². The molecule has 0 spiro atoms. The van der Waals surface area contributed by atoms with Crippen LogP contribution in [-0.2, 0) is 13.0 Å². The van der Waals surface area contributed by atoms with Crippen molar-refractivity contribution in [2.45, 2.75) is 25.8 Å². The van der Waals surface area contributed by atoms with Gasteiger partial charge in [-0.3, -0.25) is 4.90 Å². The van der Waals surface area contributed by atoms with E-state index in [9.17, 15) is 14.6 Å². The molecular weight excluding hydrogens is 333 g/mol. The molecular formula is C21H26FNO3. The normalized spacial score (nSPS) is 20.9. The van der Waals surface area contributed by atoms with E-state index < -0.39 is 0 Å². The number of aliphatic hydroxyl groups excluding tert-OH is 1. The molecule has 2 aromatic rings. The fraction of sp³-hybridized carbons (Fsp3) is 0.429. The van der Waals surface area contributed by atoms with E-state index in [-0.39, 0.29) is 23.6 Å². The number of methoxy groups -OCH3 is 1. The Morgan fingerprint density at radius 3 is 2.58 bits per heavy atom. The number of benzene rings is 2. The highest BCUT2D eigenvalue weighted by Crippen LogP contribution is 2.35. The van der Waals surface area contributed by atoms with Gasteiger partial charge in [0.1, 0.15) is 5.82 Å². The second kappa shape index (κ2) is 8.06. The molecule has 5 heteroatoms. The van der Waals surface area contributed by atoms with Gasteiger partial charge in [-0.2, -0.15) is 0 Å². The Kier molecular flexibility index (Phi) is 5.79. The van der Waals surface area contributed by atoms with Gasteiger partial charge in [0, 0.05) is 18.5 Å². The van der Waals surface area contributed by atoms with Crippen LogP contribution in [0.15, 0.2) is 42.5 Å². The molecule has 0 bridgehead atoms. The second-order valence-corrected chi connectivity index (χ2v) is 7.28. The van der Waals surface area contributed by atoms with E-state index in [2.05, 4.69) is 4.90 Å². The lowest BCUT2D eigenvalue weighted by Crippen LogP contribution is -2.46. The van der Waals surface area contributed by atoms with E-state index in [0.29, 0.717) is 5.75 Å². The molecule has 3 rings (SSSR count). The highest BCUT2D eigenvalue weighted by Gasteiger charge is 2.35. The Labute approximate surface area is 153 Å². The zero-order chi connectivity index (χ0) is 18.6. The van der Waals surface area contributed by atoms with Crippen molar-refractivity contribution in [2.24, 2.45) is 5.41 Å². The summed E-state index contributed by atoms with van der Waals surface area (Å²) in [5.74, 6) is 0.369. The summed E-state index contributed by atoms with van der Waals surface area (Å²) in [5, 5.41) is 19.9. The summed E-state index contributed by atoms with van der Waals surface area (Å²) in [6, 6.07) is 12.0. The summed E-state index contributed by atoms with van der Waals surface area (Å²) in [7, 11) is 1.54. The third-order valence-corrected chi connectivity index (χ3v) is 5.22. The number of ether oxygens (including phenoxy) is 1. The number of nitrogens with zero attached hydrogens (tertiary/aromatic N) is 1. The number of halogens is 1. The third-order valence-electron chi connectivity index (χ3n) is 5.22. The van der Waals surface area contributed by atoms with Gasteiger partial charge in [0.2, 0.25) is 0 Å². The third kappa shape index (κ3) is 4.34. The van der Waals surface area contributed by atoms with Crippen LogP contribution in [0.25, 0.3) is 0 Å². The zero-order valence-corrected chi connectivity index (χ0v) is 15.1. The molecule has 0 saturated carbocycles. The molecule has 1 aliphatic heterocycles. The largest absolute Gasteiger partial charge is 0.504 e. The summed E-state index contributed by atoms with van der Waals surface area (Å²) in [6.45, 7) is 2.60. The Bertz CT molecular complexity index is 735. The minimum absolute atomic E-state index is 0.111. The Morgan fingerprint density at radius 2 is 1.88 bits per heavy atom. The van der Waals surface area contributed by atoms with Gasteiger partial charge in [0.05, 0.1) is 13.7 Å². The predicted molar refractivity (Wildman–Crippen MR) is 98.8 cm³/mol. The van der Waals surface area contributed by atoms with Crippen molar-refractivity contribution in [1.82, 2.24) is 4.90 Å². The lowest BCUT2D eigenvalue weighted by molar-refractivity contribution is 0.0288. The van der Waals surface area contributed by atoms with Gasteiger partial charge < -0.3 is 14.9 Å². The van der Waals surface area contributed by atoms with Crippen molar-refractivity contribution in [2.75, 3.05) is 26.8 Å². The zero-order valence-electron chi connectivity index (χ0n) is 15.1. The first-order valence-electron chi connectivity index (χ1n) is 8.97. The number of aliphatic hydroxyl groups is 1. The van der Waals surface area contributed by atoms with Gasteiger partial charge in [-0.1, -0.05) is 18.2 Å². The quantitative estimate of drug-likeness (QED) is 0.830. The number of phenolic OH excluding ortho intramolecular Hbond substituents is 1. The maximum absolute atomic E-state index is 13.2. The monoisotopic (exact) mass is 359 g/mol. The molecule has 140 valence electrons. The molecule has 0 radical (unpaired) electrons. The SMILES string of the molecule is COc1cc(CN2CCCC(CO)(Cc3ccc(F)cc3)C2)ccc1O. The Morgan fingerprint density at radius 1 is 1.15 bits per heavy atom. The van der Waals surface area contributed by atoms with Crippen molar-refractivity contribution in [1.29, 1.82) is 0 Å². The predicted octanol–water partition coefficient (Wildman–Crippen LogP) is 3.36. The summed E-state index contributed by atoms with van der Waals surface area (Å²) >= 11 is 0. The summed E-state index contributed by atoms with van der Waals surface area (Å²) in [5.41, 5.74) is 1.90. The maximum Gasteiger partial charge on any atom is 0.160 e. The Hall–Kier alpha value is -2.11. The summed E-state index contributed by atoms with van der Waals surface area (Å²) in [6.07, 6.45) is 2.70. The Balaban J connectivity index is 1.71. The van der Waals surface area contributed by atoms with Crippen molar-refractivity contribution >= 4 is 0 Å². The molecule has 1 saturated heterocycles. The maximum atomic E-state index is 13.2. The molecule has 0 aliphatic carbocycles. The molecule has 1 atom stereocenters. The second-order valence-electron chi connectivity index (χ2n) is 7.28. The number of hydrogen-bond donors (Lipinski definition) is 2. The highest BCUT2D eigenvalue weighted by atomic mass is 19.1. The lowest BCUT2D eigenvalue weighted by atomic mass is 9.75. The molecule has 1 fully saturated rings. The molecule has 26 heavy (non-hydrogen) atoms. The molecule has 1 unspecified atom stereocenters. The number of likely N-dealkylation sites (tertiary alicyclic amines) is 1. The van der Waals surface area contributed by atoms with Gasteiger partial charge >= 0.3 is 0 Å². The summed E-state index contributed by atoms with van der Waals surface area (Å²) in [4.78, 5) is 2.33. The standard InChI is InChI=1S/C21H26FNO3/c1-26-20-11-17(5-8-19(20)25)13-23-10-2-9-21(14-23,15-24)12-16-3-6-18(22)7-4-16/h3-8,11,24-25H,2,9-10,12-15H2,1H3. The van der Waals surface area contributed by atoms with Crippen LogP contribution in [0.2, 0.25) is 0 Å². The fourth-order valence-electron chi connectivity index (χ4n) is 3.89. The minimum atomic E-state index is -0.238. The van der Waals surface area contributed by atoms with E-state index in [4.69, 9.17) is 4.74 Å². The first-order valence-corrected chi connectivity index (χ1v) is 8.97. The molecule has 4 nitrogen and oxygen atoms in total. The average molecular weight is 359 g/mol. The van der Waals surface area contributed by atoms with Crippen molar-refractivity contribution < 1.29 is 19.3 Å². The molecule has 1 aliphatic rings. The molecule has 0 amide bonds. The van der Waals surface area contributed by atoms with E-state index in [1.54, 1.807) is 25.3 Å². The number of hydrogen-bond acceptors (Lipinski definition) is 4. The smallest absolute Gasteiger partial charge is 0.160 e. The average Bonchev–Trinajstić information content (AvgIpc) is 2.65. The first-order chi connectivity index (χ1) is 12.5.